The number of nitrogens with zero attached hydrogens (tertiary/aromatic N) is 3. The summed E-state index contributed by atoms with van der Waals surface area (Å²) in [4.78, 5) is 0. The molecule has 0 spiro atoms. The number of fused-ring (bicyclic) bond motifs is 6. The molecule has 0 aliphatic heterocycles. The molecule has 0 fully saturated rings. The van der Waals surface area contributed by atoms with Crippen LogP contribution in [0.2, 0.25) is 0 Å². The highest BCUT2D eigenvalue weighted by molar-refractivity contribution is 6.11. The van der Waals surface area contributed by atoms with E-state index in [-0.39, 0.29) is 22.8 Å². The normalized spacial score (nSPS) is 12.3. The second-order valence-corrected chi connectivity index (χ2v) is 15.1. The zero-order chi connectivity index (χ0) is 40.8. The first-order valence-corrected chi connectivity index (χ1v) is 18.6. The summed E-state index contributed by atoms with van der Waals surface area (Å²) in [6.07, 6.45) is -10.1. The molecule has 0 aliphatic carbocycles. The number of aromatic nitrogens is 2. The lowest BCUT2D eigenvalue weighted by atomic mass is 9.92. The van der Waals surface area contributed by atoms with Gasteiger partial charge in [-0.05, 0) is 136 Å². The van der Waals surface area contributed by atoms with E-state index in [4.69, 9.17) is 0 Å². The molecule has 0 atom stereocenters. The van der Waals surface area contributed by atoms with E-state index < -0.39 is 23.5 Å². The molecule has 0 unspecified atom stereocenters. The van der Waals surface area contributed by atoms with E-state index in [2.05, 4.69) is 51.6 Å². The van der Waals surface area contributed by atoms with Crippen molar-refractivity contribution in [3.63, 3.8) is 0 Å². The summed E-state index contributed by atoms with van der Waals surface area (Å²) in [5, 5.41) is 14.7. The first kappa shape index (κ1) is 36.8. The molecule has 0 saturated heterocycles. The quantitative estimate of drug-likeness (QED) is 0.164. The van der Waals surface area contributed by atoms with Gasteiger partial charge < -0.3 is 9.13 Å². The minimum atomic E-state index is -5.03. The van der Waals surface area contributed by atoms with Crippen molar-refractivity contribution in [1.82, 2.24) is 9.13 Å². The number of nitriles is 1. The van der Waals surface area contributed by atoms with Crippen molar-refractivity contribution in [2.45, 2.75) is 40.0 Å². The van der Waals surface area contributed by atoms with Crippen molar-refractivity contribution in [2.24, 2.45) is 0 Å². The highest BCUT2D eigenvalue weighted by atomic mass is 19.4. The summed E-state index contributed by atoms with van der Waals surface area (Å²) < 4.78 is 89.0. The Bertz CT molecular complexity index is 3060. The van der Waals surface area contributed by atoms with Gasteiger partial charge in [0.1, 0.15) is 0 Å². The van der Waals surface area contributed by atoms with Crippen LogP contribution in [0.15, 0.2) is 127 Å². The molecule has 9 heteroatoms. The van der Waals surface area contributed by atoms with Gasteiger partial charge in [-0.25, -0.2) is 0 Å². The molecule has 7 aromatic carbocycles. The van der Waals surface area contributed by atoms with Crippen LogP contribution < -0.4 is 0 Å². The van der Waals surface area contributed by atoms with E-state index >= 15 is 0 Å². The molecule has 58 heavy (non-hydrogen) atoms. The van der Waals surface area contributed by atoms with Gasteiger partial charge in [0.05, 0.1) is 50.5 Å². The second kappa shape index (κ2) is 13.1. The van der Waals surface area contributed by atoms with Gasteiger partial charge in [-0.1, -0.05) is 52.6 Å². The lowest BCUT2D eigenvalue weighted by molar-refractivity contribution is -0.143. The molecule has 0 saturated carbocycles. The minimum Gasteiger partial charge on any atom is -0.309 e. The fourth-order valence-electron chi connectivity index (χ4n) is 8.28. The SMILES string of the molecule is Cc1ccc2c(c1)c1cc(C)ccc1n2-c1ccc(C#N)c(-c2cc(-c3cc(C(F)(F)F)cc(C(F)(F)F)c3)ccc2-n2c3ccc(C)cc3c3cc(C)ccc32)c1. The van der Waals surface area contributed by atoms with E-state index in [9.17, 15) is 31.6 Å². The summed E-state index contributed by atoms with van der Waals surface area (Å²) in [5.41, 5.74) is 7.42. The number of alkyl halides is 6. The smallest absolute Gasteiger partial charge is 0.309 e. The van der Waals surface area contributed by atoms with E-state index in [1.165, 1.54) is 0 Å². The third-order valence-corrected chi connectivity index (χ3v) is 11.0. The standard InChI is InChI=1S/C49H33F6N3/c1-27-5-12-43-38(17-27)39-18-28(2)6-13-44(39)57(43)36-11-9-32(26-56)37(25-36)42-23-31(33-21-34(48(50,51)52)24-35(22-33)49(53,54)55)10-16-47(42)58-45-14-7-29(3)19-40(45)41-20-30(4)8-15-46(41)58/h5-25H,1-4H3. The number of halogens is 6. The fourth-order valence-corrected chi connectivity index (χ4v) is 8.28. The summed E-state index contributed by atoms with van der Waals surface area (Å²) in [7, 11) is 0. The second-order valence-electron chi connectivity index (χ2n) is 15.1. The maximum atomic E-state index is 14.1. The average Bonchev–Trinajstić information content (AvgIpc) is 3.67. The zero-order valence-corrected chi connectivity index (χ0v) is 31.7. The number of aryl methyl sites for hydroxylation is 4. The van der Waals surface area contributed by atoms with Crippen LogP contribution in [0, 0.1) is 39.0 Å². The van der Waals surface area contributed by atoms with Gasteiger partial charge in [-0.15, -0.1) is 0 Å². The molecule has 9 rings (SSSR count). The molecule has 2 heterocycles. The highest BCUT2D eigenvalue weighted by Gasteiger charge is 2.37. The van der Waals surface area contributed by atoms with Crippen molar-refractivity contribution >= 4 is 43.6 Å². The minimum absolute atomic E-state index is 0.125. The summed E-state index contributed by atoms with van der Waals surface area (Å²) in [5.74, 6) is 0. The average molecular weight is 778 g/mol. The molecule has 0 aliphatic rings. The molecule has 286 valence electrons. The first-order valence-electron chi connectivity index (χ1n) is 18.6. The van der Waals surface area contributed by atoms with Crippen LogP contribution in [0.3, 0.4) is 0 Å². The van der Waals surface area contributed by atoms with Crippen LogP contribution in [0.1, 0.15) is 38.9 Å². The van der Waals surface area contributed by atoms with Gasteiger partial charge in [-0.2, -0.15) is 31.6 Å². The van der Waals surface area contributed by atoms with Gasteiger partial charge in [0.15, 0.2) is 0 Å². The van der Waals surface area contributed by atoms with Gasteiger partial charge in [0, 0.05) is 38.4 Å². The molecule has 0 amide bonds. The Morgan fingerprint density at radius 1 is 0.431 bits per heavy atom. The Kier molecular flexibility index (Phi) is 8.34. The Hall–Kier alpha value is -6.79. The summed E-state index contributed by atoms with van der Waals surface area (Å²) in [6, 6.07) is 38.9. The molecule has 0 N–H and O–H groups in total. The van der Waals surface area contributed by atoms with Gasteiger partial charge in [0.2, 0.25) is 0 Å². The van der Waals surface area contributed by atoms with Crippen molar-refractivity contribution < 1.29 is 26.3 Å². The number of benzene rings is 7. The molecule has 3 nitrogen and oxygen atoms in total. The molecular formula is C49H33F6N3. The molecular weight excluding hydrogens is 745 g/mol. The fraction of sp³-hybridized carbons (Fsp3) is 0.122. The number of hydrogen-bond acceptors (Lipinski definition) is 1. The first-order chi connectivity index (χ1) is 27.6. The molecule has 9 aromatic rings. The predicted molar refractivity (Wildman–Crippen MR) is 220 cm³/mol. The van der Waals surface area contributed by atoms with Crippen LogP contribution in [-0.2, 0) is 12.4 Å². The van der Waals surface area contributed by atoms with Crippen molar-refractivity contribution in [3.8, 4) is 39.7 Å². The van der Waals surface area contributed by atoms with Crippen LogP contribution in [0.5, 0.6) is 0 Å². The Labute approximate surface area is 329 Å². The topological polar surface area (TPSA) is 33.6 Å². The van der Waals surface area contributed by atoms with Crippen LogP contribution in [0.4, 0.5) is 26.3 Å². The number of rotatable bonds is 4. The van der Waals surface area contributed by atoms with E-state index in [0.29, 0.717) is 16.8 Å². The lowest BCUT2D eigenvalue weighted by Crippen LogP contribution is -2.11. The Morgan fingerprint density at radius 2 is 0.879 bits per heavy atom. The van der Waals surface area contributed by atoms with Gasteiger partial charge in [0.25, 0.3) is 0 Å². The largest absolute Gasteiger partial charge is 0.416 e. The Balaban J connectivity index is 1.39. The van der Waals surface area contributed by atoms with Gasteiger partial charge in [-0.3, -0.25) is 0 Å². The summed E-state index contributed by atoms with van der Waals surface area (Å²) >= 11 is 0. The highest BCUT2D eigenvalue weighted by Crippen LogP contribution is 2.44. The Morgan fingerprint density at radius 3 is 1.31 bits per heavy atom. The third kappa shape index (κ3) is 6.08. The molecule has 0 radical (unpaired) electrons. The zero-order valence-electron chi connectivity index (χ0n) is 31.7. The molecule has 2 aromatic heterocycles. The predicted octanol–water partition coefficient (Wildman–Crippen LogP) is 14.4. The van der Waals surface area contributed by atoms with Crippen LogP contribution in [-0.4, -0.2) is 9.13 Å². The summed E-state index contributed by atoms with van der Waals surface area (Å²) in [6.45, 7) is 8.08. The van der Waals surface area contributed by atoms with E-state index in [1.54, 1.807) is 24.3 Å². The maximum Gasteiger partial charge on any atom is 0.416 e. The van der Waals surface area contributed by atoms with Crippen molar-refractivity contribution in [1.29, 1.82) is 5.26 Å². The lowest BCUT2D eigenvalue weighted by Gasteiger charge is -2.19. The van der Waals surface area contributed by atoms with Crippen molar-refractivity contribution in [2.75, 3.05) is 0 Å². The monoisotopic (exact) mass is 777 g/mol. The molecule has 0 bridgehead atoms. The van der Waals surface area contributed by atoms with E-state index in [0.717, 1.165) is 83.7 Å². The van der Waals surface area contributed by atoms with Crippen LogP contribution in [0.25, 0.3) is 77.2 Å². The van der Waals surface area contributed by atoms with Crippen molar-refractivity contribution in [3.05, 3.63) is 166 Å². The number of hydrogen-bond donors (Lipinski definition) is 0. The third-order valence-electron chi connectivity index (χ3n) is 11.0. The van der Waals surface area contributed by atoms with Gasteiger partial charge >= 0.3 is 12.4 Å². The van der Waals surface area contributed by atoms with E-state index in [1.807, 2.05) is 76.2 Å². The van der Waals surface area contributed by atoms with Crippen LogP contribution >= 0.6 is 0 Å². The maximum absolute atomic E-state index is 14.1.